The van der Waals surface area contributed by atoms with Crippen LogP contribution in [0.2, 0.25) is 0 Å². The molecule has 0 saturated carbocycles. The molecule has 0 amide bonds. The second-order valence-electron chi connectivity index (χ2n) is 4.25. The van der Waals surface area contributed by atoms with Gasteiger partial charge in [0.1, 0.15) is 0 Å². The molecule has 0 atom stereocenters. The lowest BCUT2D eigenvalue weighted by molar-refractivity contribution is 0.102. The summed E-state index contributed by atoms with van der Waals surface area (Å²) in [4.78, 5) is 14.4. The lowest BCUT2D eigenvalue weighted by atomic mass is 10.1. The van der Waals surface area contributed by atoms with Gasteiger partial charge in [0.05, 0.1) is 5.75 Å². The number of aryl methyl sites for hydroxylation is 1. The highest BCUT2D eigenvalue weighted by Gasteiger charge is 2.06. The summed E-state index contributed by atoms with van der Waals surface area (Å²) in [6.07, 6.45) is 2.03. The first-order chi connectivity index (χ1) is 9.19. The SMILES string of the molecule is CSc1ccc(C(=O)CSc2ccc(C)cc2)cc1. The van der Waals surface area contributed by atoms with E-state index < -0.39 is 0 Å². The van der Waals surface area contributed by atoms with Gasteiger partial charge in [-0.15, -0.1) is 23.5 Å². The van der Waals surface area contributed by atoms with Crippen LogP contribution in [0.3, 0.4) is 0 Å². The van der Waals surface area contributed by atoms with Crippen LogP contribution in [0.1, 0.15) is 15.9 Å². The second-order valence-corrected chi connectivity index (χ2v) is 6.18. The molecule has 2 rings (SSSR count). The van der Waals surface area contributed by atoms with Gasteiger partial charge in [0.15, 0.2) is 5.78 Å². The number of thioether (sulfide) groups is 2. The zero-order valence-corrected chi connectivity index (χ0v) is 12.7. The fraction of sp³-hybridized carbons (Fsp3) is 0.188. The topological polar surface area (TPSA) is 17.1 Å². The first kappa shape index (κ1) is 14.2. The molecule has 98 valence electrons. The van der Waals surface area contributed by atoms with E-state index in [4.69, 9.17) is 0 Å². The smallest absolute Gasteiger partial charge is 0.173 e. The summed E-state index contributed by atoms with van der Waals surface area (Å²) in [6.45, 7) is 2.06. The van der Waals surface area contributed by atoms with Crippen molar-refractivity contribution in [3.8, 4) is 0 Å². The number of hydrogen-bond donors (Lipinski definition) is 0. The van der Waals surface area contributed by atoms with E-state index in [1.165, 1.54) is 10.5 Å². The van der Waals surface area contributed by atoms with Crippen LogP contribution in [0.4, 0.5) is 0 Å². The normalized spacial score (nSPS) is 10.4. The molecule has 0 aliphatic heterocycles. The first-order valence-corrected chi connectivity index (χ1v) is 8.27. The van der Waals surface area contributed by atoms with Crippen molar-refractivity contribution in [3.63, 3.8) is 0 Å². The lowest BCUT2D eigenvalue weighted by Crippen LogP contribution is -2.01. The monoisotopic (exact) mass is 288 g/mol. The van der Waals surface area contributed by atoms with E-state index in [-0.39, 0.29) is 5.78 Å². The van der Waals surface area contributed by atoms with E-state index in [0.717, 1.165) is 10.5 Å². The Morgan fingerprint density at radius 1 is 0.947 bits per heavy atom. The molecule has 0 radical (unpaired) electrons. The predicted molar refractivity (Wildman–Crippen MR) is 84.5 cm³/mol. The van der Waals surface area contributed by atoms with Gasteiger partial charge in [-0.1, -0.05) is 29.8 Å². The summed E-state index contributed by atoms with van der Waals surface area (Å²) in [7, 11) is 0. The molecule has 0 heterocycles. The zero-order chi connectivity index (χ0) is 13.7. The van der Waals surface area contributed by atoms with Gasteiger partial charge in [-0.25, -0.2) is 0 Å². The number of ketones is 1. The molecular weight excluding hydrogens is 272 g/mol. The van der Waals surface area contributed by atoms with Crippen LogP contribution in [-0.4, -0.2) is 17.8 Å². The Morgan fingerprint density at radius 3 is 2.11 bits per heavy atom. The first-order valence-electron chi connectivity index (χ1n) is 6.06. The molecule has 0 aliphatic rings. The highest BCUT2D eigenvalue weighted by molar-refractivity contribution is 8.00. The molecule has 0 spiro atoms. The van der Waals surface area contributed by atoms with Crippen molar-refractivity contribution < 1.29 is 4.79 Å². The second kappa shape index (κ2) is 6.83. The van der Waals surface area contributed by atoms with E-state index in [1.54, 1.807) is 23.5 Å². The van der Waals surface area contributed by atoms with E-state index in [0.29, 0.717) is 5.75 Å². The summed E-state index contributed by atoms with van der Waals surface area (Å²) in [5, 5.41) is 0. The number of benzene rings is 2. The summed E-state index contributed by atoms with van der Waals surface area (Å²) in [5.41, 5.74) is 2.03. The van der Waals surface area contributed by atoms with Crippen LogP contribution < -0.4 is 0 Å². The molecule has 2 aromatic carbocycles. The number of Topliss-reactive ketones (excluding diaryl/α,β-unsaturated/α-hetero) is 1. The molecule has 0 aliphatic carbocycles. The Kier molecular flexibility index (Phi) is 5.11. The highest BCUT2D eigenvalue weighted by Crippen LogP contribution is 2.21. The molecule has 3 heteroatoms. The van der Waals surface area contributed by atoms with Gasteiger partial charge in [0.25, 0.3) is 0 Å². The third-order valence-electron chi connectivity index (χ3n) is 2.80. The third kappa shape index (κ3) is 4.15. The Hall–Kier alpha value is -1.19. The Balaban J connectivity index is 1.95. The summed E-state index contributed by atoms with van der Waals surface area (Å²) in [6, 6.07) is 16.1. The van der Waals surface area contributed by atoms with E-state index >= 15 is 0 Å². The van der Waals surface area contributed by atoms with Gasteiger partial charge in [-0.2, -0.15) is 0 Å². The van der Waals surface area contributed by atoms with E-state index in [2.05, 4.69) is 31.2 Å². The van der Waals surface area contributed by atoms with Gasteiger partial charge >= 0.3 is 0 Å². The molecule has 0 bridgehead atoms. The number of carbonyl (C=O) groups is 1. The molecule has 1 nitrogen and oxygen atoms in total. The van der Waals surface area contributed by atoms with Crippen molar-refractivity contribution in [2.45, 2.75) is 16.7 Å². The Bertz CT molecular complexity index is 544. The minimum Gasteiger partial charge on any atom is -0.293 e. The van der Waals surface area contributed by atoms with Crippen molar-refractivity contribution >= 4 is 29.3 Å². The number of rotatable bonds is 5. The van der Waals surface area contributed by atoms with Crippen molar-refractivity contribution in [2.24, 2.45) is 0 Å². The van der Waals surface area contributed by atoms with Crippen molar-refractivity contribution in [1.82, 2.24) is 0 Å². The van der Waals surface area contributed by atoms with E-state index in [9.17, 15) is 4.79 Å². The number of carbonyl (C=O) groups excluding carboxylic acids is 1. The lowest BCUT2D eigenvalue weighted by Gasteiger charge is -2.03. The molecule has 19 heavy (non-hydrogen) atoms. The van der Waals surface area contributed by atoms with Crippen LogP contribution in [0.25, 0.3) is 0 Å². The van der Waals surface area contributed by atoms with Gasteiger partial charge in [-0.3, -0.25) is 4.79 Å². The Morgan fingerprint density at radius 2 is 1.53 bits per heavy atom. The fourth-order valence-corrected chi connectivity index (χ4v) is 2.84. The largest absolute Gasteiger partial charge is 0.293 e. The van der Waals surface area contributed by atoms with Gasteiger partial charge in [-0.05, 0) is 37.4 Å². The summed E-state index contributed by atoms with van der Waals surface area (Å²) in [5.74, 6) is 0.667. The maximum absolute atomic E-state index is 12.1. The molecule has 0 aromatic heterocycles. The maximum atomic E-state index is 12.1. The van der Waals surface area contributed by atoms with Gasteiger partial charge < -0.3 is 0 Å². The molecule has 2 aromatic rings. The average molecular weight is 288 g/mol. The van der Waals surface area contributed by atoms with Crippen molar-refractivity contribution in [1.29, 1.82) is 0 Å². The highest BCUT2D eigenvalue weighted by atomic mass is 32.2. The van der Waals surface area contributed by atoms with E-state index in [1.807, 2.05) is 30.5 Å². The van der Waals surface area contributed by atoms with Crippen molar-refractivity contribution in [3.05, 3.63) is 59.7 Å². The van der Waals surface area contributed by atoms with Crippen LogP contribution in [0.5, 0.6) is 0 Å². The molecule has 0 fully saturated rings. The standard InChI is InChI=1S/C16H16OS2/c1-12-3-7-15(8-4-12)19-11-16(17)13-5-9-14(18-2)10-6-13/h3-10H,11H2,1-2H3. The van der Waals surface area contributed by atoms with Crippen LogP contribution in [0, 0.1) is 6.92 Å². The third-order valence-corrected chi connectivity index (χ3v) is 4.56. The predicted octanol–water partition coefficient (Wildman–Crippen LogP) is 4.69. The van der Waals surface area contributed by atoms with Gasteiger partial charge in [0, 0.05) is 15.4 Å². The zero-order valence-electron chi connectivity index (χ0n) is 11.1. The van der Waals surface area contributed by atoms with Crippen LogP contribution >= 0.6 is 23.5 Å². The summed E-state index contributed by atoms with van der Waals surface area (Å²) < 4.78 is 0. The van der Waals surface area contributed by atoms with Crippen LogP contribution in [0.15, 0.2) is 58.3 Å². The molecule has 0 N–H and O–H groups in total. The number of hydrogen-bond acceptors (Lipinski definition) is 3. The molecular formula is C16H16OS2. The summed E-state index contributed by atoms with van der Waals surface area (Å²) >= 11 is 3.27. The molecule has 0 saturated heterocycles. The quantitative estimate of drug-likeness (QED) is 0.587. The van der Waals surface area contributed by atoms with Crippen molar-refractivity contribution in [2.75, 3.05) is 12.0 Å². The maximum Gasteiger partial charge on any atom is 0.173 e. The average Bonchev–Trinajstić information content (AvgIpc) is 2.46. The Labute approximate surface area is 122 Å². The minimum atomic E-state index is 0.179. The molecule has 0 unspecified atom stereocenters. The van der Waals surface area contributed by atoms with Crippen LogP contribution in [-0.2, 0) is 0 Å². The minimum absolute atomic E-state index is 0.179. The van der Waals surface area contributed by atoms with Gasteiger partial charge in [0.2, 0.25) is 0 Å². The fourth-order valence-electron chi connectivity index (χ4n) is 1.64.